The molecule has 2 aromatic rings. The summed E-state index contributed by atoms with van der Waals surface area (Å²) < 4.78 is 58.7. The Hall–Kier alpha value is -1.78. The second-order valence-electron chi connectivity index (χ2n) is 11.0. The highest BCUT2D eigenvalue weighted by atomic mass is 32.2. The highest BCUT2D eigenvalue weighted by Crippen LogP contribution is 2.38. The molecule has 1 aromatic heterocycles. The van der Waals surface area contributed by atoms with Crippen LogP contribution in [0.15, 0.2) is 18.2 Å². The average Bonchev–Trinajstić information content (AvgIpc) is 3.13. The van der Waals surface area contributed by atoms with Crippen molar-refractivity contribution in [2.45, 2.75) is 83.2 Å². The summed E-state index contributed by atoms with van der Waals surface area (Å²) in [5.74, 6) is -1.50. The molecule has 4 rings (SSSR count). The van der Waals surface area contributed by atoms with E-state index in [-0.39, 0.29) is 30.2 Å². The number of imidazole rings is 1. The summed E-state index contributed by atoms with van der Waals surface area (Å²) in [7, 11) is -2.10. The average molecular weight is 498 g/mol. The smallest absolute Gasteiger partial charge is 0.303 e. The van der Waals surface area contributed by atoms with Gasteiger partial charge in [-0.05, 0) is 49.8 Å². The van der Waals surface area contributed by atoms with Crippen LogP contribution in [0.5, 0.6) is 0 Å². The van der Waals surface area contributed by atoms with Gasteiger partial charge in [-0.3, -0.25) is 4.31 Å². The van der Waals surface area contributed by atoms with E-state index in [2.05, 4.69) is 25.3 Å². The van der Waals surface area contributed by atoms with Gasteiger partial charge >= 0.3 is 10.2 Å². The molecular formula is C24H37F2N5O2S. The number of benzene rings is 1. The van der Waals surface area contributed by atoms with E-state index in [1.54, 1.807) is 13.1 Å². The molecule has 190 valence electrons. The number of halogens is 2. The molecule has 0 spiro atoms. The summed E-state index contributed by atoms with van der Waals surface area (Å²) in [6.07, 6.45) is 2.16. The number of nitrogens with zero attached hydrogens (tertiary/aromatic N) is 4. The molecule has 0 bridgehead atoms. The number of aromatic nitrogens is 2. The molecule has 1 saturated carbocycles. The fraction of sp³-hybridized carbons (Fsp3) is 0.708. The van der Waals surface area contributed by atoms with Crippen molar-refractivity contribution >= 4 is 26.9 Å². The van der Waals surface area contributed by atoms with E-state index in [0.29, 0.717) is 56.5 Å². The monoisotopic (exact) mass is 497 g/mol. The second-order valence-corrected chi connectivity index (χ2v) is 12.9. The first kappa shape index (κ1) is 25.3. The number of alkyl halides is 2. The second kappa shape index (κ2) is 9.02. The van der Waals surface area contributed by atoms with E-state index in [1.165, 1.54) is 8.61 Å². The van der Waals surface area contributed by atoms with Gasteiger partial charge in [0.1, 0.15) is 5.82 Å². The molecule has 0 unspecified atom stereocenters. The maximum Gasteiger partial charge on any atom is 0.303 e. The molecule has 7 nitrogen and oxygen atoms in total. The molecule has 34 heavy (non-hydrogen) atoms. The van der Waals surface area contributed by atoms with Crippen molar-refractivity contribution in [2.75, 3.05) is 24.4 Å². The third kappa shape index (κ3) is 5.09. The minimum absolute atomic E-state index is 0.0447. The highest BCUT2D eigenvalue weighted by molar-refractivity contribution is 7.90. The number of nitrogens with two attached hydrogens (primary N) is 1. The number of hydrogen-bond acceptors (Lipinski definition) is 4. The maximum absolute atomic E-state index is 13.7. The summed E-state index contributed by atoms with van der Waals surface area (Å²) in [6.45, 7) is 7.72. The zero-order valence-corrected chi connectivity index (χ0v) is 21.4. The zero-order valence-electron chi connectivity index (χ0n) is 20.6. The van der Waals surface area contributed by atoms with Crippen LogP contribution in [0.4, 0.5) is 14.5 Å². The largest absolute Gasteiger partial charge is 0.328 e. The van der Waals surface area contributed by atoms with Gasteiger partial charge in [0.15, 0.2) is 0 Å². The molecule has 2 fully saturated rings. The molecule has 2 heterocycles. The van der Waals surface area contributed by atoms with Crippen LogP contribution in [0, 0.1) is 5.92 Å². The van der Waals surface area contributed by atoms with E-state index >= 15 is 0 Å². The van der Waals surface area contributed by atoms with Crippen LogP contribution in [0.25, 0.3) is 11.0 Å². The summed E-state index contributed by atoms with van der Waals surface area (Å²) in [6, 6.07) is 5.56. The van der Waals surface area contributed by atoms with Gasteiger partial charge in [0.25, 0.3) is 0 Å². The summed E-state index contributed by atoms with van der Waals surface area (Å²) in [5.41, 5.74) is 7.85. The first-order chi connectivity index (χ1) is 15.8. The fourth-order valence-corrected chi connectivity index (χ4v) is 6.42. The van der Waals surface area contributed by atoms with E-state index in [1.807, 2.05) is 12.1 Å². The van der Waals surface area contributed by atoms with Gasteiger partial charge in [0.2, 0.25) is 5.92 Å². The summed E-state index contributed by atoms with van der Waals surface area (Å²) >= 11 is 0. The number of rotatable bonds is 5. The van der Waals surface area contributed by atoms with Crippen LogP contribution in [0.2, 0.25) is 0 Å². The molecule has 2 aliphatic rings. The van der Waals surface area contributed by atoms with E-state index in [0.717, 1.165) is 11.3 Å². The standard InChI is InChI=1S/C24H37F2N5O2S/c1-23(2,3)22-28-20-15-19(29(4)34(32,33)30-13-9-18(27)10-14-30)5-6-21(20)31(22)16-17-7-11-24(25,26)12-8-17/h5-6,15,17-18H,7-14,16,27H2,1-4H3. The van der Waals surface area contributed by atoms with Gasteiger partial charge in [0.05, 0.1) is 16.7 Å². The van der Waals surface area contributed by atoms with Crippen LogP contribution in [-0.4, -0.2) is 54.4 Å². The van der Waals surface area contributed by atoms with Crippen molar-refractivity contribution in [1.82, 2.24) is 13.9 Å². The number of piperidine rings is 1. The quantitative estimate of drug-likeness (QED) is 0.669. The van der Waals surface area contributed by atoms with Crippen molar-refractivity contribution in [3.05, 3.63) is 24.0 Å². The number of fused-ring (bicyclic) bond motifs is 1. The van der Waals surface area contributed by atoms with Gasteiger partial charge < -0.3 is 10.3 Å². The lowest BCUT2D eigenvalue weighted by Crippen LogP contribution is -2.48. The topological polar surface area (TPSA) is 84.5 Å². The van der Waals surface area contributed by atoms with E-state index in [9.17, 15) is 17.2 Å². The minimum atomic E-state index is -3.67. The van der Waals surface area contributed by atoms with E-state index < -0.39 is 16.1 Å². The molecule has 1 aliphatic heterocycles. The highest BCUT2D eigenvalue weighted by Gasteiger charge is 2.36. The van der Waals surface area contributed by atoms with Crippen molar-refractivity contribution < 1.29 is 17.2 Å². The lowest BCUT2D eigenvalue weighted by atomic mass is 9.86. The SMILES string of the molecule is CN(c1ccc2c(c1)nc(C(C)(C)C)n2CC1CCC(F)(F)CC1)S(=O)(=O)N1CCC(N)CC1. The molecule has 10 heteroatoms. The van der Waals surface area contributed by atoms with Gasteiger partial charge in [-0.15, -0.1) is 0 Å². The molecule has 1 aliphatic carbocycles. The van der Waals surface area contributed by atoms with Crippen LogP contribution in [0.3, 0.4) is 0 Å². The van der Waals surface area contributed by atoms with E-state index in [4.69, 9.17) is 10.7 Å². The first-order valence-electron chi connectivity index (χ1n) is 12.2. The number of hydrogen-bond donors (Lipinski definition) is 1. The number of anilines is 1. The molecular weight excluding hydrogens is 460 g/mol. The van der Waals surface area contributed by atoms with Crippen molar-refractivity contribution in [2.24, 2.45) is 11.7 Å². The molecule has 0 radical (unpaired) electrons. The van der Waals surface area contributed by atoms with Gasteiger partial charge in [0, 0.05) is 51.0 Å². The third-order valence-electron chi connectivity index (χ3n) is 7.21. The Labute approximate surface area is 201 Å². The molecule has 0 amide bonds. The normalized spacial score (nSPS) is 21.3. The lowest BCUT2D eigenvalue weighted by Gasteiger charge is -2.33. The van der Waals surface area contributed by atoms with Crippen molar-refractivity contribution in [3.63, 3.8) is 0 Å². The summed E-state index contributed by atoms with van der Waals surface area (Å²) in [4.78, 5) is 4.89. The zero-order chi connectivity index (χ0) is 24.9. The Bertz CT molecular complexity index is 1120. The molecule has 1 saturated heterocycles. The predicted octanol–water partition coefficient (Wildman–Crippen LogP) is 4.26. The Morgan fingerprint density at radius 2 is 1.76 bits per heavy atom. The minimum Gasteiger partial charge on any atom is -0.328 e. The van der Waals surface area contributed by atoms with Gasteiger partial charge in [-0.2, -0.15) is 12.7 Å². The Kier molecular flexibility index (Phi) is 6.72. The van der Waals surface area contributed by atoms with Crippen molar-refractivity contribution in [3.8, 4) is 0 Å². The molecule has 1 aromatic carbocycles. The van der Waals surface area contributed by atoms with Crippen LogP contribution in [-0.2, 0) is 22.2 Å². The summed E-state index contributed by atoms with van der Waals surface area (Å²) in [5, 5.41) is 0. The fourth-order valence-electron chi connectivity index (χ4n) is 5.03. The lowest BCUT2D eigenvalue weighted by molar-refractivity contribution is -0.0473. The predicted molar refractivity (Wildman–Crippen MR) is 131 cm³/mol. The third-order valence-corrected chi connectivity index (χ3v) is 9.14. The van der Waals surface area contributed by atoms with Gasteiger partial charge in [-0.25, -0.2) is 13.8 Å². The first-order valence-corrected chi connectivity index (χ1v) is 13.6. The Morgan fingerprint density at radius 3 is 2.35 bits per heavy atom. The maximum atomic E-state index is 13.7. The van der Waals surface area contributed by atoms with Crippen LogP contribution in [0.1, 0.15) is 65.1 Å². The van der Waals surface area contributed by atoms with Gasteiger partial charge in [-0.1, -0.05) is 20.8 Å². The van der Waals surface area contributed by atoms with Crippen LogP contribution < -0.4 is 10.0 Å². The van der Waals surface area contributed by atoms with Crippen LogP contribution >= 0.6 is 0 Å². The van der Waals surface area contributed by atoms with Crippen molar-refractivity contribution in [1.29, 1.82) is 0 Å². The molecule has 2 N–H and O–H groups in total. The Morgan fingerprint density at radius 1 is 1.15 bits per heavy atom. The Balaban J connectivity index is 1.64. The molecule has 0 atom stereocenters.